The number of alkyl halides is 3. The highest BCUT2D eigenvalue weighted by atomic mass is 32.2. The van der Waals surface area contributed by atoms with Gasteiger partial charge in [0.05, 0.1) is 30.7 Å². The summed E-state index contributed by atoms with van der Waals surface area (Å²) in [6.07, 6.45) is 1.25. The molecule has 21 heavy (non-hydrogen) atoms. The minimum absolute atomic E-state index is 0.114. The highest BCUT2D eigenvalue weighted by Crippen LogP contribution is 2.43. The van der Waals surface area contributed by atoms with Crippen molar-refractivity contribution >= 4 is 22.7 Å². The Balaban J connectivity index is 2.54. The number of thioether (sulfide) groups is 1. The third-order valence-corrected chi connectivity index (χ3v) is 3.71. The van der Waals surface area contributed by atoms with Gasteiger partial charge in [0.25, 0.3) is 0 Å². The summed E-state index contributed by atoms with van der Waals surface area (Å²) in [4.78, 5) is 8.06. The highest BCUT2D eigenvalue weighted by Gasteiger charge is 2.33. The number of benzene rings is 1. The predicted octanol–water partition coefficient (Wildman–Crippen LogP) is 3.96. The summed E-state index contributed by atoms with van der Waals surface area (Å²) >= 11 is -0.114. The monoisotopic (exact) mass is 318 g/mol. The first-order valence-corrected chi connectivity index (χ1v) is 6.85. The van der Waals surface area contributed by atoms with Gasteiger partial charge in [-0.1, -0.05) is 0 Å². The van der Waals surface area contributed by atoms with Crippen molar-refractivity contribution in [2.75, 3.05) is 14.2 Å². The molecule has 4 nitrogen and oxygen atoms in total. The Morgan fingerprint density at radius 2 is 1.71 bits per heavy atom. The van der Waals surface area contributed by atoms with E-state index < -0.39 is 10.8 Å². The van der Waals surface area contributed by atoms with Crippen LogP contribution in [0.5, 0.6) is 11.5 Å². The van der Waals surface area contributed by atoms with Crippen LogP contribution in [-0.4, -0.2) is 29.7 Å². The van der Waals surface area contributed by atoms with E-state index in [-0.39, 0.29) is 11.8 Å². The molecule has 8 heteroatoms. The van der Waals surface area contributed by atoms with Crippen LogP contribution in [0.2, 0.25) is 0 Å². The van der Waals surface area contributed by atoms with Crippen molar-refractivity contribution in [3.8, 4) is 11.5 Å². The van der Waals surface area contributed by atoms with Gasteiger partial charge in [-0.15, -0.1) is 0 Å². The van der Waals surface area contributed by atoms with E-state index in [2.05, 4.69) is 9.97 Å². The van der Waals surface area contributed by atoms with Crippen LogP contribution in [0.1, 0.15) is 17.9 Å². The molecule has 1 atom stereocenters. The molecule has 1 aromatic heterocycles. The molecule has 0 fully saturated rings. The second-order valence-corrected chi connectivity index (χ2v) is 5.59. The van der Waals surface area contributed by atoms with Gasteiger partial charge in [-0.3, -0.25) is 0 Å². The van der Waals surface area contributed by atoms with Gasteiger partial charge in [-0.2, -0.15) is 13.2 Å². The summed E-state index contributed by atoms with van der Waals surface area (Å²) in [5.74, 6) is 0.885. The Bertz CT molecular complexity index is 649. The van der Waals surface area contributed by atoms with Crippen molar-refractivity contribution in [1.29, 1.82) is 0 Å². The first kappa shape index (κ1) is 15.7. The lowest BCUT2D eigenvalue weighted by molar-refractivity contribution is -0.0333. The first-order chi connectivity index (χ1) is 9.85. The van der Waals surface area contributed by atoms with Crippen molar-refractivity contribution in [3.05, 3.63) is 24.2 Å². The zero-order valence-corrected chi connectivity index (χ0v) is 12.4. The topological polar surface area (TPSA) is 44.2 Å². The van der Waals surface area contributed by atoms with Crippen molar-refractivity contribution in [1.82, 2.24) is 9.97 Å². The van der Waals surface area contributed by atoms with E-state index in [0.29, 0.717) is 28.1 Å². The number of halogens is 3. The molecule has 2 rings (SSSR count). The molecule has 0 radical (unpaired) electrons. The van der Waals surface area contributed by atoms with Gasteiger partial charge in [-0.25, -0.2) is 9.97 Å². The van der Waals surface area contributed by atoms with E-state index in [4.69, 9.17) is 9.47 Å². The van der Waals surface area contributed by atoms with E-state index in [1.165, 1.54) is 27.5 Å². The number of hydrogen-bond acceptors (Lipinski definition) is 5. The molecule has 0 amide bonds. The second-order valence-electron chi connectivity index (χ2n) is 4.19. The van der Waals surface area contributed by atoms with Gasteiger partial charge in [0.15, 0.2) is 11.5 Å². The normalized spacial score (nSPS) is 13.2. The Hall–Kier alpha value is -1.70. The molecular formula is C13H13F3N2O2S. The van der Waals surface area contributed by atoms with Crippen LogP contribution in [0, 0.1) is 0 Å². The van der Waals surface area contributed by atoms with Crippen LogP contribution in [0.15, 0.2) is 18.5 Å². The fraction of sp³-hybridized carbons (Fsp3) is 0.385. The quantitative estimate of drug-likeness (QED) is 0.854. The van der Waals surface area contributed by atoms with Crippen LogP contribution in [0.4, 0.5) is 13.2 Å². The summed E-state index contributed by atoms with van der Waals surface area (Å²) in [5, 5.41) is -0.340. The zero-order chi connectivity index (χ0) is 15.6. The molecule has 0 aliphatic rings. The summed E-state index contributed by atoms with van der Waals surface area (Å²) < 4.78 is 47.9. The smallest absolute Gasteiger partial charge is 0.442 e. The first-order valence-electron chi connectivity index (χ1n) is 5.97. The summed E-state index contributed by atoms with van der Waals surface area (Å²) in [5.41, 5.74) is -3.51. The van der Waals surface area contributed by atoms with Gasteiger partial charge in [0.2, 0.25) is 0 Å². The minimum atomic E-state index is -4.33. The molecule has 1 unspecified atom stereocenters. The Morgan fingerprint density at radius 1 is 1.10 bits per heavy atom. The number of fused-ring (bicyclic) bond motifs is 1. The minimum Gasteiger partial charge on any atom is -0.493 e. The maximum Gasteiger partial charge on any atom is 0.442 e. The van der Waals surface area contributed by atoms with Crippen molar-refractivity contribution in [2.24, 2.45) is 0 Å². The fourth-order valence-electron chi connectivity index (χ4n) is 1.98. The molecular weight excluding hydrogens is 305 g/mol. The maximum absolute atomic E-state index is 12.5. The molecule has 0 aliphatic carbocycles. The molecule has 0 N–H and O–H groups in total. The molecule has 0 spiro atoms. The highest BCUT2D eigenvalue weighted by molar-refractivity contribution is 8.00. The van der Waals surface area contributed by atoms with E-state index in [1.807, 2.05) is 0 Å². The molecule has 0 bridgehead atoms. The summed E-state index contributed by atoms with van der Waals surface area (Å²) in [6, 6.07) is 3.21. The van der Waals surface area contributed by atoms with Gasteiger partial charge in [0, 0.05) is 11.5 Å². The van der Waals surface area contributed by atoms with E-state index in [9.17, 15) is 13.2 Å². The standard InChI is InChI=1S/C13H13F3N2O2S/c1-7(21-13(14,15)16)12-8-4-10(19-2)11(20-3)5-9(8)17-6-18-12/h4-7H,1-3H3. The third-order valence-electron chi connectivity index (χ3n) is 2.87. The molecule has 0 aliphatic heterocycles. The Labute approximate surface area is 123 Å². The van der Waals surface area contributed by atoms with Gasteiger partial charge < -0.3 is 9.47 Å². The molecule has 114 valence electrons. The number of rotatable bonds is 4. The SMILES string of the molecule is COc1cc2ncnc(C(C)SC(F)(F)F)c2cc1OC. The number of nitrogens with zero attached hydrogens (tertiary/aromatic N) is 2. The number of ether oxygens (including phenoxy) is 2. The van der Waals surface area contributed by atoms with Crippen molar-refractivity contribution in [2.45, 2.75) is 17.7 Å². The average molecular weight is 318 g/mol. The van der Waals surface area contributed by atoms with E-state index in [1.54, 1.807) is 12.1 Å². The average Bonchev–Trinajstić information content (AvgIpc) is 2.43. The van der Waals surface area contributed by atoms with Crippen LogP contribution < -0.4 is 9.47 Å². The fourth-order valence-corrected chi connectivity index (χ4v) is 2.68. The Morgan fingerprint density at radius 3 is 2.29 bits per heavy atom. The molecule has 0 saturated heterocycles. The molecule has 2 aromatic rings. The van der Waals surface area contributed by atoms with Gasteiger partial charge >= 0.3 is 5.51 Å². The lowest BCUT2D eigenvalue weighted by Gasteiger charge is -2.16. The molecule has 0 saturated carbocycles. The predicted molar refractivity (Wildman–Crippen MR) is 74.7 cm³/mol. The summed E-state index contributed by atoms with van der Waals surface area (Å²) in [6.45, 7) is 1.45. The number of methoxy groups -OCH3 is 2. The Kier molecular flexibility index (Phi) is 4.46. The van der Waals surface area contributed by atoms with Crippen molar-refractivity contribution in [3.63, 3.8) is 0 Å². The van der Waals surface area contributed by atoms with E-state index in [0.717, 1.165) is 0 Å². The van der Waals surface area contributed by atoms with Crippen LogP contribution >= 0.6 is 11.8 Å². The third kappa shape index (κ3) is 3.49. The zero-order valence-electron chi connectivity index (χ0n) is 11.6. The van der Waals surface area contributed by atoms with Crippen LogP contribution in [0.25, 0.3) is 10.9 Å². The van der Waals surface area contributed by atoms with E-state index >= 15 is 0 Å². The second kappa shape index (κ2) is 5.97. The number of aromatic nitrogens is 2. The van der Waals surface area contributed by atoms with Crippen molar-refractivity contribution < 1.29 is 22.6 Å². The van der Waals surface area contributed by atoms with Crippen LogP contribution in [0.3, 0.4) is 0 Å². The number of hydrogen-bond donors (Lipinski definition) is 0. The lowest BCUT2D eigenvalue weighted by atomic mass is 10.1. The summed E-state index contributed by atoms with van der Waals surface area (Å²) in [7, 11) is 2.94. The molecule has 1 heterocycles. The lowest BCUT2D eigenvalue weighted by Crippen LogP contribution is -2.06. The van der Waals surface area contributed by atoms with Gasteiger partial charge in [-0.05, 0) is 24.8 Å². The van der Waals surface area contributed by atoms with Gasteiger partial charge in [0.1, 0.15) is 6.33 Å². The largest absolute Gasteiger partial charge is 0.493 e. The maximum atomic E-state index is 12.5. The molecule has 1 aromatic carbocycles. The van der Waals surface area contributed by atoms with Crippen LogP contribution in [-0.2, 0) is 0 Å².